The quantitative estimate of drug-likeness (QED) is 0.834. The van der Waals surface area contributed by atoms with Crippen molar-refractivity contribution in [2.24, 2.45) is 5.41 Å². The Bertz CT molecular complexity index is 494. The van der Waals surface area contributed by atoms with Crippen molar-refractivity contribution >= 4 is 5.91 Å². The Labute approximate surface area is 115 Å². The fraction of sp³-hybridized carbons (Fsp3) is 0.500. The van der Waals surface area contributed by atoms with E-state index in [1.165, 1.54) is 0 Å². The number of halogens is 4. The fourth-order valence-corrected chi connectivity index (χ4v) is 1.43. The summed E-state index contributed by atoms with van der Waals surface area (Å²) in [6.07, 6.45) is -4.01. The number of benzene rings is 1. The third kappa shape index (κ3) is 4.21. The van der Waals surface area contributed by atoms with Crippen molar-refractivity contribution in [2.75, 3.05) is 6.54 Å². The van der Waals surface area contributed by atoms with E-state index in [0.717, 1.165) is 12.5 Å². The van der Waals surface area contributed by atoms with Crippen molar-refractivity contribution < 1.29 is 22.4 Å². The summed E-state index contributed by atoms with van der Waals surface area (Å²) >= 11 is 0. The molecule has 0 spiro atoms. The van der Waals surface area contributed by atoms with Crippen LogP contribution in [0.4, 0.5) is 17.6 Å². The average Bonchev–Trinajstić information content (AvgIpc) is 2.35. The maximum absolute atomic E-state index is 13.1. The van der Waals surface area contributed by atoms with Crippen LogP contribution in [0.5, 0.6) is 0 Å². The summed E-state index contributed by atoms with van der Waals surface area (Å²) in [6, 6.07) is 2.23. The summed E-state index contributed by atoms with van der Waals surface area (Å²) in [4.78, 5) is 11.8. The molecule has 0 aliphatic rings. The van der Waals surface area contributed by atoms with Gasteiger partial charge in [0.25, 0.3) is 5.91 Å². The predicted molar refractivity (Wildman–Crippen MR) is 67.8 cm³/mol. The Morgan fingerprint density at radius 1 is 1.25 bits per heavy atom. The molecule has 1 amide bonds. The molecule has 1 N–H and O–H groups in total. The Morgan fingerprint density at radius 2 is 1.85 bits per heavy atom. The van der Waals surface area contributed by atoms with Gasteiger partial charge in [-0.25, -0.2) is 4.39 Å². The van der Waals surface area contributed by atoms with Crippen LogP contribution in [0.2, 0.25) is 0 Å². The summed E-state index contributed by atoms with van der Waals surface area (Å²) in [7, 11) is 0. The van der Waals surface area contributed by atoms with Crippen LogP contribution < -0.4 is 5.32 Å². The van der Waals surface area contributed by atoms with Crippen LogP contribution in [-0.4, -0.2) is 12.5 Å². The second-order valence-electron chi connectivity index (χ2n) is 5.39. The SMILES string of the molecule is CCC(C)(C)CNC(=O)c1ccc(F)c(C(F)(F)F)c1. The van der Waals surface area contributed by atoms with Crippen LogP contribution >= 0.6 is 0 Å². The van der Waals surface area contributed by atoms with Gasteiger partial charge in [-0.1, -0.05) is 20.8 Å². The van der Waals surface area contributed by atoms with Crippen molar-refractivity contribution in [3.05, 3.63) is 35.1 Å². The molecule has 0 radical (unpaired) electrons. The van der Waals surface area contributed by atoms with Crippen molar-refractivity contribution in [2.45, 2.75) is 33.4 Å². The number of rotatable bonds is 4. The molecular weight excluding hydrogens is 274 g/mol. The molecule has 0 fully saturated rings. The monoisotopic (exact) mass is 291 g/mol. The molecule has 1 rings (SSSR count). The first-order chi connectivity index (χ1) is 9.07. The highest BCUT2D eigenvalue weighted by molar-refractivity contribution is 5.94. The summed E-state index contributed by atoms with van der Waals surface area (Å²) < 4.78 is 50.8. The number of carbonyl (C=O) groups is 1. The second kappa shape index (κ2) is 5.81. The summed E-state index contributed by atoms with van der Waals surface area (Å²) in [6.45, 7) is 6.14. The van der Waals surface area contributed by atoms with E-state index in [0.29, 0.717) is 18.7 Å². The molecule has 1 aromatic rings. The van der Waals surface area contributed by atoms with Gasteiger partial charge >= 0.3 is 6.18 Å². The van der Waals surface area contributed by atoms with E-state index < -0.39 is 23.5 Å². The van der Waals surface area contributed by atoms with Gasteiger partial charge in [-0.05, 0) is 30.0 Å². The molecule has 0 bridgehead atoms. The first-order valence-electron chi connectivity index (χ1n) is 6.22. The number of carbonyl (C=O) groups excluding carboxylic acids is 1. The van der Waals surface area contributed by atoms with Crippen molar-refractivity contribution in [1.29, 1.82) is 0 Å². The lowest BCUT2D eigenvalue weighted by atomic mass is 9.90. The third-order valence-corrected chi connectivity index (χ3v) is 3.22. The van der Waals surface area contributed by atoms with E-state index in [2.05, 4.69) is 5.32 Å². The zero-order valence-electron chi connectivity index (χ0n) is 11.6. The van der Waals surface area contributed by atoms with E-state index in [1.807, 2.05) is 20.8 Å². The zero-order valence-corrected chi connectivity index (χ0v) is 11.6. The van der Waals surface area contributed by atoms with Crippen LogP contribution in [0.15, 0.2) is 18.2 Å². The molecule has 20 heavy (non-hydrogen) atoms. The van der Waals surface area contributed by atoms with Crippen LogP contribution in [0.25, 0.3) is 0 Å². The van der Waals surface area contributed by atoms with E-state index in [4.69, 9.17) is 0 Å². The molecule has 0 saturated carbocycles. The second-order valence-corrected chi connectivity index (χ2v) is 5.39. The largest absolute Gasteiger partial charge is 0.419 e. The Morgan fingerprint density at radius 3 is 2.35 bits per heavy atom. The highest BCUT2D eigenvalue weighted by Gasteiger charge is 2.34. The topological polar surface area (TPSA) is 29.1 Å². The minimum absolute atomic E-state index is 0.150. The smallest absolute Gasteiger partial charge is 0.352 e. The standard InChI is InChI=1S/C14H17F4NO/c1-4-13(2,3)8-19-12(20)9-5-6-11(15)10(7-9)14(16,17)18/h5-7H,4,8H2,1-3H3,(H,19,20). The molecule has 0 saturated heterocycles. The fourth-order valence-electron chi connectivity index (χ4n) is 1.43. The number of nitrogens with one attached hydrogen (secondary N) is 1. The Kier molecular flexibility index (Phi) is 4.78. The first-order valence-corrected chi connectivity index (χ1v) is 6.22. The van der Waals surface area contributed by atoms with Crippen LogP contribution in [0.1, 0.15) is 43.1 Å². The first kappa shape index (κ1) is 16.5. The molecular formula is C14H17F4NO. The molecule has 2 nitrogen and oxygen atoms in total. The Hall–Kier alpha value is -1.59. The maximum Gasteiger partial charge on any atom is 0.419 e. The highest BCUT2D eigenvalue weighted by Crippen LogP contribution is 2.31. The highest BCUT2D eigenvalue weighted by atomic mass is 19.4. The average molecular weight is 291 g/mol. The zero-order chi connectivity index (χ0) is 15.6. The molecule has 0 aliphatic carbocycles. The van der Waals surface area contributed by atoms with E-state index in [1.54, 1.807) is 0 Å². The molecule has 0 heterocycles. The lowest BCUT2D eigenvalue weighted by Gasteiger charge is -2.23. The van der Waals surface area contributed by atoms with Gasteiger partial charge in [0, 0.05) is 12.1 Å². The van der Waals surface area contributed by atoms with Gasteiger partial charge in [-0.3, -0.25) is 4.79 Å². The van der Waals surface area contributed by atoms with Gasteiger partial charge in [0.05, 0.1) is 5.56 Å². The molecule has 0 atom stereocenters. The van der Waals surface area contributed by atoms with Crippen molar-refractivity contribution in [3.63, 3.8) is 0 Å². The normalized spacial score (nSPS) is 12.3. The van der Waals surface area contributed by atoms with Crippen LogP contribution in [0, 0.1) is 11.2 Å². The molecule has 6 heteroatoms. The summed E-state index contributed by atoms with van der Waals surface area (Å²) in [5.74, 6) is -2.03. The van der Waals surface area contributed by atoms with Gasteiger partial charge < -0.3 is 5.32 Å². The number of amides is 1. The molecule has 112 valence electrons. The number of alkyl halides is 3. The Balaban J connectivity index is 2.90. The number of hydrogen-bond donors (Lipinski definition) is 1. The van der Waals surface area contributed by atoms with E-state index in [9.17, 15) is 22.4 Å². The molecule has 0 aromatic heterocycles. The van der Waals surface area contributed by atoms with E-state index >= 15 is 0 Å². The molecule has 1 aromatic carbocycles. The lowest BCUT2D eigenvalue weighted by molar-refractivity contribution is -0.140. The minimum atomic E-state index is -4.82. The van der Waals surface area contributed by atoms with Gasteiger partial charge in [0.15, 0.2) is 0 Å². The summed E-state index contributed by atoms with van der Waals surface area (Å²) in [5, 5.41) is 2.56. The van der Waals surface area contributed by atoms with Gasteiger partial charge in [-0.2, -0.15) is 13.2 Å². The minimum Gasteiger partial charge on any atom is -0.352 e. The van der Waals surface area contributed by atoms with Crippen LogP contribution in [-0.2, 0) is 6.18 Å². The van der Waals surface area contributed by atoms with Gasteiger partial charge in [-0.15, -0.1) is 0 Å². The number of hydrogen-bond acceptors (Lipinski definition) is 1. The maximum atomic E-state index is 13.1. The van der Waals surface area contributed by atoms with E-state index in [-0.39, 0.29) is 11.0 Å². The van der Waals surface area contributed by atoms with Crippen LogP contribution in [0.3, 0.4) is 0 Å². The van der Waals surface area contributed by atoms with Crippen molar-refractivity contribution in [3.8, 4) is 0 Å². The third-order valence-electron chi connectivity index (χ3n) is 3.22. The summed E-state index contributed by atoms with van der Waals surface area (Å²) in [5.41, 5.74) is -1.78. The van der Waals surface area contributed by atoms with Crippen molar-refractivity contribution in [1.82, 2.24) is 5.32 Å². The lowest BCUT2D eigenvalue weighted by Crippen LogP contribution is -2.33. The predicted octanol–water partition coefficient (Wildman–Crippen LogP) is 4.01. The molecule has 0 aliphatic heterocycles. The van der Waals surface area contributed by atoms with Gasteiger partial charge in [0.1, 0.15) is 5.82 Å². The van der Waals surface area contributed by atoms with Gasteiger partial charge in [0.2, 0.25) is 0 Å². The molecule has 0 unspecified atom stereocenters.